The smallest absolute Gasteiger partial charge is 0.322 e. The van der Waals surface area contributed by atoms with E-state index in [1.54, 1.807) is 36.4 Å². The molecule has 116 valence electrons. The number of carbonyl (C=O) groups excluding carboxylic acids is 1. The van der Waals surface area contributed by atoms with Crippen LogP contribution in [-0.4, -0.2) is 26.1 Å². The summed E-state index contributed by atoms with van der Waals surface area (Å²) in [4.78, 5) is 23.6. The van der Waals surface area contributed by atoms with Gasteiger partial charge in [0.25, 0.3) is 5.91 Å². The van der Waals surface area contributed by atoms with Crippen molar-refractivity contribution in [2.45, 2.75) is 13.3 Å². The molecule has 1 amide bonds. The normalized spacial score (nSPS) is 10.5. The van der Waals surface area contributed by atoms with Gasteiger partial charge in [0.2, 0.25) is 0 Å². The molecule has 2 aromatic carbocycles. The minimum atomic E-state index is -0.419. The fourth-order valence-electron chi connectivity index (χ4n) is 2.15. The van der Waals surface area contributed by atoms with E-state index in [1.165, 1.54) is 5.56 Å². The summed E-state index contributed by atoms with van der Waals surface area (Å²) in [5, 5.41) is 12.1. The summed E-state index contributed by atoms with van der Waals surface area (Å²) in [6.07, 6.45) is 0.935. The molecule has 3 aromatic rings. The molecule has 23 heavy (non-hydrogen) atoms. The second kappa shape index (κ2) is 6.27. The van der Waals surface area contributed by atoms with Crippen LogP contribution in [0, 0.1) is 0 Å². The monoisotopic (exact) mass is 309 g/mol. The van der Waals surface area contributed by atoms with E-state index in [0.29, 0.717) is 16.9 Å². The van der Waals surface area contributed by atoms with E-state index in [-0.39, 0.29) is 5.91 Å². The van der Waals surface area contributed by atoms with Crippen LogP contribution >= 0.6 is 0 Å². The molecular weight excluding hydrogens is 294 g/mol. The van der Waals surface area contributed by atoms with Crippen LogP contribution in [0.2, 0.25) is 0 Å². The lowest BCUT2D eigenvalue weighted by Gasteiger charge is -2.07. The van der Waals surface area contributed by atoms with E-state index in [9.17, 15) is 9.59 Å². The highest BCUT2D eigenvalue weighted by molar-refractivity contribution is 6.04. The van der Waals surface area contributed by atoms with E-state index >= 15 is 0 Å². The van der Waals surface area contributed by atoms with Crippen LogP contribution in [0.3, 0.4) is 0 Å². The predicted molar refractivity (Wildman–Crippen MR) is 85.8 cm³/mol. The lowest BCUT2D eigenvalue weighted by Crippen LogP contribution is -2.16. The number of aryl methyl sites for hydroxylation is 1. The molecule has 0 fully saturated rings. The van der Waals surface area contributed by atoms with Crippen LogP contribution in [-0.2, 0) is 6.42 Å². The SMILES string of the molecule is CCc1ccc(C(=O)Nc2ccc(-n3nn[nH]c3=O)cc2)cc1. The number of carbonyl (C=O) groups is 1. The minimum absolute atomic E-state index is 0.181. The molecule has 0 aliphatic carbocycles. The Morgan fingerprint density at radius 2 is 1.83 bits per heavy atom. The summed E-state index contributed by atoms with van der Waals surface area (Å²) in [6.45, 7) is 2.07. The number of tetrazole rings is 1. The van der Waals surface area contributed by atoms with E-state index in [0.717, 1.165) is 11.1 Å². The van der Waals surface area contributed by atoms with Crippen LogP contribution in [0.15, 0.2) is 53.3 Å². The van der Waals surface area contributed by atoms with E-state index in [4.69, 9.17) is 0 Å². The zero-order valence-electron chi connectivity index (χ0n) is 12.5. The van der Waals surface area contributed by atoms with Crippen molar-refractivity contribution in [2.24, 2.45) is 0 Å². The highest BCUT2D eigenvalue weighted by atomic mass is 16.2. The van der Waals surface area contributed by atoms with Crippen LogP contribution in [0.4, 0.5) is 5.69 Å². The van der Waals surface area contributed by atoms with Gasteiger partial charge in [-0.3, -0.25) is 4.79 Å². The number of nitrogens with zero attached hydrogens (tertiary/aromatic N) is 3. The second-order valence-corrected chi connectivity index (χ2v) is 4.97. The lowest BCUT2D eigenvalue weighted by molar-refractivity contribution is 0.102. The quantitative estimate of drug-likeness (QED) is 0.768. The number of hydrogen-bond acceptors (Lipinski definition) is 4. The van der Waals surface area contributed by atoms with Crippen molar-refractivity contribution in [1.82, 2.24) is 20.2 Å². The molecule has 0 spiro atoms. The van der Waals surface area contributed by atoms with Gasteiger partial charge in [-0.2, -0.15) is 4.68 Å². The van der Waals surface area contributed by atoms with Gasteiger partial charge in [0, 0.05) is 11.3 Å². The van der Waals surface area contributed by atoms with Crippen molar-refractivity contribution in [1.29, 1.82) is 0 Å². The summed E-state index contributed by atoms with van der Waals surface area (Å²) in [5.41, 5.74) is 2.56. The van der Waals surface area contributed by atoms with Crippen molar-refractivity contribution in [2.75, 3.05) is 5.32 Å². The van der Waals surface area contributed by atoms with Gasteiger partial charge in [0.15, 0.2) is 0 Å². The Morgan fingerprint density at radius 3 is 2.39 bits per heavy atom. The molecule has 2 N–H and O–H groups in total. The maximum absolute atomic E-state index is 12.2. The molecule has 1 heterocycles. The Bertz CT molecular complexity index is 862. The third-order valence-corrected chi connectivity index (χ3v) is 3.47. The van der Waals surface area contributed by atoms with Crippen LogP contribution < -0.4 is 11.0 Å². The van der Waals surface area contributed by atoms with Gasteiger partial charge in [-0.1, -0.05) is 19.1 Å². The Hall–Kier alpha value is -3.22. The zero-order valence-corrected chi connectivity index (χ0v) is 12.5. The first-order valence-corrected chi connectivity index (χ1v) is 7.18. The molecule has 3 rings (SSSR count). The number of hydrogen-bond donors (Lipinski definition) is 2. The van der Waals surface area contributed by atoms with Gasteiger partial charge in [0.1, 0.15) is 0 Å². The molecule has 7 nitrogen and oxygen atoms in total. The third kappa shape index (κ3) is 3.18. The van der Waals surface area contributed by atoms with Crippen molar-refractivity contribution in [3.05, 3.63) is 70.1 Å². The van der Waals surface area contributed by atoms with Gasteiger partial charge in [-0.15, -0.1) is 0 Å². The molecule has 0 saturated heterocycles. The van der Waals surface area contributed by atoms with Gasteiger partial charge >= 0.3 is 5.69 Å². The molecular formula is C16H15N5O2. The highest BCUT2D eigenvalue weighted by Crippen LogP contribution is 2.13. The number of benzene rings is 2. The topological polar surface area (TPSA) is 92.7 Å². The van der Waals surface area contributed by atoms with Crippen molar-refractivity contribution >= 4 is 11.6 Å². The molecule has 0 saturated carbocycles. The average Bonchev–Trinajstić information content (AvgIpc) is 3.01. The van der Waals surface area contributed by atoms with Gasteiger partial charge < -0.3 is 5.32 Å². The molecule has 0 aliphatic heterocycles. The molecule has 0 aliphatic rings. The molecule has 7 heteroatoms. The first-order valence-electron chi connectivity index (χ1n) is 7.18. The molecule has 0 bridgehead atoms. The fraction of sp³-hybridized carbons (Fsp3) is 0.125. The Kier molecular flexibility index (Phi) is 4.01. The lowest BCUT2D eigenvalue weighted by atomic mass is 10.1. The van der Waals surface area contributed by atoms with Gasteiger partial charge in [0.05, 0.1) is 5.69 Å². The van der Waals surface area contributed by atoms with Crippen molar-refractivity contribution < 1.29 is 4.79 Å². The Labute approximate surface area is 131 Å². The summed E-state index contributed by atoms with van der Waals surface area (Å²) in [7, 11) is 0. The molecule has 1 aromatic heterocycles. The van der Waals surface area contributed by atoms with Crippen molar-refractivity contribution in [3.8, 4) is 5.69 Å². The average molecular weight is 309 g/mol. The van der Waals surface area contributed by atoms with Crippen molar-refractivity contribution in [3.63, 3.8) is 0 Å². The number of H-pyrrole nitrogens is 1. The number of rotatable bonds is 4. The number of aromatic amines is 1. The number of anilines is 1. The van der Waals surface area contributed by atoms with E-state index in [1.807, 2.05) is 12.1 Å². The minimum Gasteiger partial charge on any atom is -0.322 e. The molecule has 0 radical (unpaired) electrons. The maximum Gasteiger partial charge on any atom is 0.365 e. The Morgan fingerprint density at radius 1 is 1.13 bits per heavy atom. The van der Waals surface area contributed by atoms with Gasteiger partial charge in [-0.05, 0) is 58.8 Å². The standard InChI is InChI=1S/C16H15N5O2/c1-2-11-3-5-12(6-4-11)15(22)17-13-7-9-14(10-8-13)21-16(23)18-19-20-21/h3-10H,2H2,1H3,(H,17,22)(H,18,20,23). The van der Waals surface area contributed by atoms with Crippen LogP contribution in [0.5, 0.6) is 0 Å². The first kappa shape index (κ1) is 14.7. The second-order valence-electron chi connectivity index (χ2n) is 4.97. The van der Waals surface area contributed by atoms with Gasteiger partial charge in [-0.25, -0.2) is 9.89 Å². The maximum atomic E-state index is 12.2. The van der Waals surface area contributed by atoms with Crippen LogP contribution in [0.1, 0.15) is 22.8 Å². The van der Waals surface area contributed by atoms with Crippen LogP contribution in [0.25, 0.3) is 5.69 Å². The summed E-state index contributed by atoms with van der Waals surface area (Å²) in [5.74, 6) is -0.181. The molecule has 0 unspecified atom stereocenters. The predicted octanol–water partition coefficient (Wildman–Crippen LogP) is 1.77. The molecule has 0 atom stereocenters. The zero-order chi connectivity index (χ0) is 16.2. The number of aromatic nitrogens is 4. The first-order chi connectivity index (χ1) is 11.2. The third-order valence-electron chi connectivity index (χ3n) is 3.47. The number of amides is 1. The fourth-order valence-corrected chi connectivity index (χ4v) is 2.15. The summed E-state index contributed by atoms with van der Waals surface area (Å²) >= 11 is 0. The van der Waals surface area contributed by atoms with E-state index < -0.39 is 5.69 Å². The van der Waals surface area contributed by atoms with E-state index in [2.05, 4.69) is 27.8 Å². The largest absolute Gasteiger partial charge is 0.365 e. The highest BCUT2D eigenvalue weighted by Gasteiger charge is 2.07. The summed E-state index contributed by atoms with van der Waals surface area (Å²) < 4.78 is 1.13. The Balaban J connectivity index is 1.73. The number of nitrogens with one attached hydrogen (secondary N) is 2. The summed E-state index contributed by atoms with van der Waals surface area (Å²) in [6, 6.07) is 14.3.